The molecule has 0 atom stereocenters. The van der Waals surface area contributed by atoms with Crippen molar-refractivity contribution in [3.05, 3.63) is 83.3 Å². The second-order valence-corrected chi connectivity index (χ2v) is 20.3. The molecule has 0 saturated heterocycles. The predicted molar refractivity (Wildman–Crippen MR) is 190 cm³/mol. The Morgan fingerprint density at radius 2 is 1.13 bits per heavy atom. The van der Waals surface area contributed by atoms with Gasteiger partial charge in [0.1, 0.15) is 28.2 Å². The minimum atomic E-state index is -0.844. The molecule has 2 aromatic heterocycles. The summed E-state index contributed by atoms with van der Waals surface area (Å²) in [5, 5.41) is 18.4. The van der Waals surface area contributed by atoms with Crippen LogP contribution in [0.1, 0.15) is 104 Å². The monoisotopic (exact) mass is 680 g/mol. The molecule has 4 aromatic rings. The van der Waals surface area contributed by atoms with Gasteiger partial charge in [0.2, 0.25) is 0 Å². The number of rotatable bonds is 11. The van der Waals surface area contributed by atoms with Gasteiger partial charge in [-0.3, -0.25) is 0 Å². The molecule has 0 aliphatic rings. The van der Waals surface area contributed by atoms with Crippen molar-refractivity contribution in [2.24, 2.45) is 0 Å². The normalized spacial score (nSPS) is 12.9. The van der Waals surface area contributed by atoms with Crippen molar-refractivity contribution in [3.63, 3.8) is 0 Å². The highest BCUT2D eigenvalue weighted by Gasteiger charge is 2.37. The van der Waals surface area contributed by atoms with Crippen LogP contribution < -0.4 is 0 Å². The van der Waals surface area contributed by atoms with Crippen molar-refractivity contribution in [1.29, 1.82) is 0 Å². The van der Waals surface area contributed by atoms with Crippen LogP contribution in [0, 0.1) is 0 Å². The molecule has 11 heteroatoms. The summed E-state index contributed by atoms with van der Waals surface area (Å²) >= 11 is 0. The van der Waals surface area contributed by atoms with Crippen molar-refractivity contribution in [2.75, 3.05) is 6.61 Å². The number of aromatic nitrogens is 2. The van der Waals surface area contributed by atoms with E-state index < -0.39 is 36.7 Å². The van der Waals surface area contributed by atoms with Gasteiger partial charge in [-0.15, -0.1) is 0 Å². The fourth-order valence-electron chi connectivity index (χ4n) is 4.56. The highest BCUT2D eigenvalue weighted by Crippen LogP contribution is 2.37. The number of ether oxygens (including phenoxy) is 1. The first kappa shape index (κ1) is 38.1. The Kier molecular flexibility index (Phi) is 12.7. The number of aliphatic hydroxyl groups is 1. The number of aliphatic hydroxyl groups excluding tert-OH is 1. The topological polar surface area (TPSA) is 117 Å². The molecule has 0 amide bonds. The average molecular weight is 681 g/mol. The molecule has 4 rings (SSSR count). The van der Waals surface area contributed by atoms with E-state index in [2.05, 4.69) is 51.9 Å². The summed E-state index contributed by atoms with van der Waals surface area (Å²) in [6.07, 6.45) is 0. The summed E-state index contributed by atoms with van der Waals surface area (Å²) in [4.78, 5) is 12.6. The van der Waals surface area contributed by atoms with E-state index in [1.807, 2.05) is 88.4 Å². The molecule has 2 aromatic carbocycles. The number of hydrogen-bond donors (Lipinski definition) is 1. The quantitative estimate of drug-likeness (QED) is 0.127. The molecule has 0 aliphatic carbocycles. The number of hydrogen-bond acceptors (Lipinski definition) is 9. The Hall–Kier alpha value is -3.36. The second-order valence-electron chi connectivity index (χ2n) is 14.9. The van der Waals surface area contributed by atoms with Crippen molar-refractivity contribution in [2.45, 2.75) is 104 Å². The van der Waals surface area contributed by atoms with Gasteiger partial charge in [0.25, 0.3) is 0 Å². The first-order chi connectivity index (χ1) is 21.9. The molecule has 0 fully saturated rings. The molecule has 0 unspecified atom stereocenters. The van der Waals surface area contributed by atoms with Crippen LogP contribution >= 0.6 is 0 Å². The molecule has 1 N–H and O–H groups in total. The Morgan fingerprint density at radius 3 is 1.57 bits per heavy atom. The van der Waals surface area contributed by atoms with E-state index in [1.165, 1.54) is 0 Å². The van der Waals surface area contributed by atoms with E-state index in [9.17, 15) is 9.90 Å². The van der Waals surface area contributed by atoms with Gasteiger partial charge in [0.05, 0.1) is 18.8 Å². The van der Waals surface area contributed by atoms with Crippen LogP contribution in [-0.2, 0) is 31.4 Å². The van der Waals surface area contributed by atoms with E-state index in [4.69, 9.17) is 22.6 Å². The number of carbonyl (C=O) groups is 1. The summed E-state index contributed by atoms with van der Waals surface area (Å²) < 4.78 is 28.8. The van der Waals surface area contributed by atoms with Crippen molar-refractivity contribution in [3.8, 4) is 22.5 Å². The van der Waals surface area contributed by atoms with Crippen molar-refractivity contribution < 1.29 is 32.5 Å². The van der Waals surface area contributed by atoms with Crippen molar-refractivity contribution in [1.82, 2.24) is 10.3 Å². The van der Waals surface area contributed by atoms with Gasteiger partial charge in [0.15, 0.2) is 31.0 Å². The van der Waals surface area contributed by atoms with E-state index >= 15 is 0 Å². The van der Waals surface area contributed by atoms with Crippen LogP contribution in [-0.4, -0.2) is 47.5 Å². The van der Waals surface area contributed by atoms with Crippen LogP contribution in [0.2, 0.25) is 10.1 Å². The Labute approximate surface area is 284 Å². The van der Waals surface area contributed by atoms with Crippen LogP contribution in [0.3, 0.4) is 0 Å². The zero-order chi connectivity index (χ0) is 35.0. The zero-order valence-electron chi connectivity index (χ0n) is 29.9. The lowest BCUT2D eigenvalue weighted by atomic mass is 9.98. The molecule has 0 bridgehead atoms. The first-order valence-electron chi connectivity index (χ1n) is 16.1. The summed E-state index contributed by atoms with van der Waals surface area (Å²) in [5.41, 5.74) is 2.64. The van der Waals surface area contributed by atoms with E-state index in [0.29, 0.717) is 34.0 Å². The van der Waals surface area contributed by atoms with Crippen LogP contribution in [0.15, 0.2) is 69.7 Å². The maximum absolute atomic E-state index is 12.6. The molecule has 9 nitrogen and oxygen atoms in total. The number of benzene rings is 2. The van der Waals surface area contributed by atoms with Gasteiger partial charge in [-0.1, -0.05) is 113 Å². The zero-order valence-corrected chi connectivity index (χ0v) is 32.7. The minimum absolute atomic E-state index is 0.118. The number of carbonyl (C=O) groups excluding carboxylic acids is 1. The third-order valence-corrected chi connectivity index (χ3v) is 10.5. The lowest BCUT2D eigenvalue weighted by Gasteiger charge is -2.28. The Bertz CT molecular complexity index is 1570. The van der Waals surface area contributed by atoms with Crippen molar-refractivity contribution >= 4 is 25.5 Å². The molecule has 47 heavy (non-hydrogen) atoms. The maximum Gasteiger partial charge on any atom is 0.344 e. The molecule has 256 valence electrons. The molecular weight excluding hydrogens is 629 g/mol. The van der Waals surface area contributed by atoms with Gasteiger partial charge in [-0.25, -0.2) is 4.79 Å². The third kappa shape index (κ3) is 10.6. The van der Waals surface area contributed by atoms with Crippen LogP contribution in [0.25, 0.3) is 22.5 Å². The van der Waals surface area contributed by atoms with Crippen LogP contribution in [0.4, 0.5) is 0 Å². The first-order valence-corrected chi connectivity index (χ1v) is 18.6. The average Bonchev–Trinajstić information content (AvgIpc) is 3.66. The van der Waals surface area contributed by atoms with E-state index in [1.54, 1.807) is 6.92 Å². The van der Waals surface area contributed by atoms with Gasteiger partial charge in [0, 0.05) is 11.1 Å². The summed E-state index contributed by atoms with van der Waals surface area (Å²) in [5.74, 6) is 0.596. The number of esters is 1. The minimum Gasteiger partial charge on any atom is -0.462 e. The Balaban J connectivity index is 0.000000257. The molecule has 0 saturated carbocycles. The SMILES string of the molecule is CC(C)(C)[SiH2]OC(C)(C)c1onc(-c2ccccc2)c1CO.CCOC(=O)c1c(-c2ccccc2)noc1C(C)(C)O[SiH2]C(C)(C)C. The molecule has 0 radical (unpaired) electrons. The van der Waals surface area contributed by atoms with Gasteiger partial charge >= 0.3 is 5.97 Å². The molecule has 0 spiro atoms. The fourth-order valence-corrected chi connectivity index (χ4v) is 6.41. The van der Waals surface area contributed by atoms with Crippen LogP contribution in [0.5, 0.6) is 0 Å². The third-order valence-electron chi connectivity index (χ3n) is 7.04. The number of nitrogens with zero attached hydrogens (tertiary/aromatic N) is 2. The molecular formula is C36H52N2O7Si2. The highest BCUT2D eigenvalue weighted by molar-refractivity contribution is 6.32. The predicted octanol–water partition coefficient (Wildman–Crippen LogP) is 7.46. The summed E-state index contributed by atoms with van der Waals surface area (Å²) in [6, 6.07) is 19.2. The fraction of sp³-hybridized carbons (Fsp3) is 0.472. The highest BCUT2D eigenvalue weighted by atomic mass is 28.2. The molecule has 2 heterocycles. The summed E-state index contributed by atoms with van der Waals surface area (Å²) in [6.45, 7) is 22.7. The Morgan fingerprint density at radius 1 is 0.702 bits per heavy atom. The largest absolute Gasteiger partial charge is 0.462 e. The van der Waals surface area contributed by atoms with Gasteiger partial charge < -0.3 is 27.7 Å². The van der Waals surface area contributed by atoms with E-state index in [0.717, 1.165) is 11.1 Å². The molecule has 0 aliphatic heterocycles. The summed E-state index contributed by atoms with van der Waals surface area (Å²) in [7, 11) is -1.59. The second kappa shape index (κ2) is 15.7. The smallest absolute Gasteiger partial charge is 0.344 e. The van der Waals surface area contributed by atoms with E-state index in [-0.39, 0.29) is 23.3 Å². The van der Waals surface area contributed by atoms with Gasteiger partial charge in [-0.2, -0.15) is 0 Å². The lowest BCUT2D eigenvalue weighted by Crippen LogP contribution is -2.29. The standard InChI is InChI=1S/C19H27NO4Si.C17H25NO3Si/c1-7-22-17(21)14-15(13-11-9-8-10-12-13)20-23-16(14)19(5,6)24-25-18(2,3)4;1-16(2,3)22-21-17(4,5)15-13(11-19)14(18-20-15)12-9-7-6-8-10-12/h8-12H,7,25H2,1-6H3;6-10,19H,11,22H2,1-5H3. The van der Waals surface area contributed by atoms with Gasteiger partial charge in [-0.05, 0) is 44.7 Å². The maximum atomic E-state index is 12.6. The lowest BCUT2D eigenvalue weighted by molar-refractivity contribution is 0.0479.